The second-order valence-electron chi connectivity index (χ2n) is 4.79. The van der Waals surface area contributed by atoms with Gasteiger partial charge in [0.05, 0.1) is 7.11 Å². The minimum absolute atomic E-state index is 0.254. The third-order valence-electron chi connectivity index (χ3n) is 3.26. The number of ether oxygens (including phenoxy) is 1. The molecule has 24 heavy (non-hydrogen) atoms. The monoisotopic (exact) mass is 336 g/mol. The molecule has 2 amide bonds. The van der Waals surface area contributed by atoms with Crippen molar-refractivity contribution in [3.8, 4) is 5.75 Å². The highest BCUT2D eigenvalue weighted by Crippen LogP contribution is 2.23. The number of amides is 2. The second kappa shape index (κ2) is 6.95. The smallest absolute Gasteiger partial charge is 0.413 e. The molecular formula is C16H14F2N2O4. The number of rotatable bonds is 3. The fourth-order valence-electron chi connectivity index (χ4n) is 1.95. The topological polar surface area (TPSA) is 78.9 Å². The number of nitrogens with one attached hydrogen (secondary N) is 1. The Morgan fingerprint density at radius 2 is 1.75 bits per heavy atom. The summed E-state index contributed by atoms with van der Waals surface area (Å²) in [6, 6.07) is 7.54. The first kappa shape index (κ1) is 17.2. The average molecular weight is 336 g/mol. The number of carbonyl (C=O) groups excluding carboxylic acids is 2. The van der Waals surface area contributed by atoms with E-state index >= 15 is 0 Å². The number of aromatic hydroxyl groups is 1. The molecule has 0 aliphatic heterocycles. The Morgan fingerprint density at radius 3 is 2.33 bits per heavy atom. The zero-order chi connectivity index (χ0) is 17.9. The molecule has 0 aliphatic rings. The first-order valence-electron chi connectivity index (χ1n) is 6.75. The first-order valence-corrected chi connectivity index (χ1v) is 6.75. The molecule has 2 rings (SSSR count). The molecule has 0 spiro atoms. The van der Waals surface area contributed by atoms with E-state index in [1.165, 1.54) is 43.3 Å². The maximum absolute atomic E-state index is 13.7. The van der Waals surface area contributed by atoms with Crippen LogP contribution in [0.3, 0.4) is 0 Å². The van der Waals surface area contributed by atoms with E-state index in [9.17, 15) is 23.5 Å². The third-order valence-corrected chi connectivity index (χ3v) is 3.26. The number of hydrogen-bond donors (Lipinski definition) is 2. The van der Waals surface area contributed by atoms with E-state index in [-0.39, 0.29) is 5.69 Å². The molecule has 0 aliphatic carbocycles. The van der Waals surface area contributed by atoms with Crippen molar-refractivity contribution in [3.63, 3.8) is 0 Å². The van der Waals surface area contributed by atoms with Gasteiger partial charge in [-0.15, -0.1) is 0 Å². The maximum Gasteiger partial charge on any atom is 0.413 e. The van der Waals surface area contributed by atoms with E-state index in [4.69, 9.17) is 0 Å². The normalized spacial score (nSPS) is 10.2. The van der Waals surface area contributed by atoms with Crippen molar-refractivity contribution in [2.24, 2.45) is 0 Å². The number of anilines is 2. The molecule has 0 radical (unpaired) electrons. The van der Waals surface area contributed by atoms with Crippen molar-refractivity contribution in [1.29, 1.82) is 0 Å². The molecule has 8 heteroatoms. The maximum atomic E-state index is 13.7. The summed E-state index contributed by atoms with van der Waals surface area (Å²) in [5.41, 5.74) is -0.135. The summed E-state index contributed by atoms with van der Waals surface area (Å²) in [6.07, 6.45) is -0.573. The van der Waals surface area contributed by atoms with Crippen LogP contribution in [0.4, 0.5) is 25.0 Å². The molecular weight excluding hydrogens is 322 g/mol. The van der Waals surface area contributed by atoms with Gasteiger partial charge in [-0.3, -0.25) is 9.69 Å². The molecule has 126 valence electrons. The number of hydrogen-bond acceptors (Lipinski definition) is 4. The fourth-order valence-corrected chi connectivity index (χ4v) is 1.95. The van der Waals surface area contributed by atoms with E-state index in [2.05, 4.69) is 10.1 Å². The molecule has 0 unspecified atom stereocenters. The van der Waals surface area contributed by atoms with Crippen LogP contribution in [-0.4, -0.2) is 31.3 Å². The molecule has 0 saturated carbocycles. The predicted molar refractivity (Wildman–Crippen MR) is 83.2 cm³/mol. The Bertz CT molecular complexity index is 778. The lowest BCUT2D eigenvalue weighted by Gasteiger charge is -2.16. The lowest BCUT2D eigenvalue weighted by Crippen LogP contribution is -2.25. The SMILES string of the molecule is COC(=O)N(C)c1ccc(NC(=O)c2c(F)ccc(O)c2F)cc1. The summed E-state index contributed by atoms with van der Waals surface area (Å²) in [7, 11) is 2.74. The van der Waals surface area contributed by atoms with Crippen molar-refractivity contribution in [2.75, 3.05) is 24.4 Å². The van der Waals surface area contributed by atoms with Gasteiger partial charge in [0.2, 0.25) is 0 Å². The lowest BCUT2D eigenvalue weighted by atomic mass is 10.1. The van der Waals surface area contributed by atoms with Gasteiger partial charge in [0.15, 0.2) is 11.6 Å². The largest absolute Gasteiger partial charge is 0.505 e. The molecule has 0 aromatic heterocycles. The Balaban J connectivity index is 2.19. The minimum Gasteiger partial charge on any atom is -0.505 e. The Kier molecular flexibility index (Phi) is 4.98. The first-order chi connectivity index (χ1) is 11.3. The molecule has 0 bridgehead atoms. The van der Waals surface area contributed by atoms with Crippen molar-refractivity contribution >= 4 is 23.4 Å². The van der Waals surface area contributed by atoms with E-state index in [0.717, 1.165) is 12.1 Å². The number of carbonyl (C=O) groups is 2. The Labute approximate surface area is 136 Å². The quantitative estimate of drug-likeness (QED) is 0.903. The fraction of sp³-hybridized carbons (Fsp3) is 0.125. The zero-order valence-electron chi connectivity index (χ0n) is 12.8. The van der Waals surface area contributed by atoms with Crippen molar-refractivity contribution in [3.05, 3.63) is 53.6 Å². The number of benzene rings is 2. The molecule has 2 N–H and O–H groups in total. The van der Waals surface area contributed by atoms with Crippen LogP contribution in [0.15, 0.2) is 36.4 Å². The van der Waals surface area contributed by atoms with Crippen LogP contribution in [0.2, 0.25) is 0 Å². The van der Waals surface area contributed by atoms with Gasteiger partial charge in [-0.25, -0.2) is 13.6 Å². The van der Waals surface area contributed by atoms with E-state index in [1.54, 1.807) is 0 Å². The van der Waals surface area contributed by atoms with Gasteiger partial charge in [-0.2, -0.15) is 0 Å². The van der Waals surface area contributed by atoms with Gasteiger partial charge in [-0.05, 0) is 36.4 Å². The number of phenols is 1. The van der Waals surface area contributed by atoms with Crippen LogP contribution in [0.1, 0.15) is 10.4 Å². The van der Waals surface area contributed by atoms with Gasteiger partial charge in [0.25, 0.3) is 5.91 Å². The number of nitrogens with zero attached hydrogens (tertiary/aromatic N) is 1. The van der Waals surface area contributed by atoms with Crippen LogP contribution in [0.5, 0.6) is 5.75 Å². The summed E-state index contributed by atoms with van der Waals surface area (Å²) >= 11 is 0. The van der Waals surface area contributed by atoms with Gasteiger partial charge >= 0.3 is 6.09 Å². The Hall–Kier alpha value is -3.16. The standard InChI is InChI=1S/C16H14F2N2O4/c1-20(16(23)24-2)10-5-3-9(4-6-10)19-15(22)13-11(17)7-8-12(21)14(13)18/h3-8,21H,1-2H3,(H,19,22). The van der Waals surface area contributed by atoms with Crippen LogP contribution >= 0.6 is 0 Å². The lowest BCUT2D eigenvalue weighted by molar-refractivity contribution is 0.101. The molecule has 2 aromatic carbocycles. The molecule has 2 aromatic rings. The van der Waals surface area contributed by atoms with E-state index in [0.29, 0.717) is 5.69 Å². The second-order valence-corrected chi connectivity index (χ2v) is 4.79. The highest BCUT2D eigenvalue weighted by Gasteiger charge is 2.20. The number of phenolic OH excluding ortho intramolecular Hbond substituents is 1. The molecule has 0 saturated heterocycles. The predicted octanol–water partition coefficient (Wildman–Crippen LogP) is 3.13. The molecule has 0 atom stereocenters. The van der Waals surface area contributed by atoms with E-state index in [1.807, 2.05) is 0 Å². The zero-order valence-corrected chi connectivity index (χ0v) is 12.8. The van der Waals surface area contributed by atoms with Crippen LogP contribution in [0, 0.1) is 11.6 Å². The van der Waals surface area contributed by atoms with E-state index < -0.39 is 34.9 Å². The molecule has 0 heterocycles. The van der Waals surface area contributed by atoms with Gasteiger partial charge in [-0.1, -0.05) is 0 Å². The summed E-state index contributed by atoms with van der Waals surface area (Å²) in [6.45, 7) is 0. The van der Waals surface area contributed by atoms with Crippen molar-refractivity contribution < 1.29 is 28.2 Å². The minimum atomic E-state index is -1.34. The summed E-state index contributed by atoms with van der Waals surface area (Å²) < 4.78 is 31.9. The van der Waals surface area contributed by atoms with Crippen molar-refractivity contribution in [2.45, 2.75) is 0 Å². The molecule has 0 fully saturated rings. The van der Waals surface area contributed by atoms with Gasteiger partial charge in [0, 0.05) is 18.4 Å². The number of methoxy groups -OCH3 is 1. The number of halogens is 2. The van der Waals surface area contributed by atoms with Crippen molar-refractivity contribution in [1.82, 2.24) is 0 Å². The highest BCUT2D eigenvalue weighted by atomic mass is 19.1. The van der Waals surface area contributed by atoms with Crippen LogP contribution in [-0.2, 0) is 4.74 Å². The van der Waals surface area contributed by atoms with Crippen LogP contribution < -0.4 is 10.2 Å². The van der Waals surface area contributed by atoms with Crippen LogP contribution in [0.25, 0.3) is 0 Å². The Morgan fingerprint density at radius 1 is 1.12 bits per heavy atom. The summed E-state index contributed by atoms with van der Waals surface area (Å²) in [5.74, 6) is -4.30. The van der Waals surface area contributed by atoms with Gasteiger partial charge < -0.3 is 15.2 Å². The summed E-state index contributed by atoms with van der Waals surface area (Å²) in [4.78, 5) is 24.6. The van der Waals surface area contributed by atoms with Gasteiger partial charge in [0.1, 0.15) is 11.4 Å². The third kappa shape index (κ3) is 3.43. The highest BCUT2D eigenvalue weighted by molar-refractivity contribution is 6.05. The average Bonchev–Trinajstić information content (AvgIpc) is 2.58. The summed E-state index contributed by atoms with van der Waals surface area (Å²) in [5, 5.41) is 11.6. The molecule has 6 nitrogen and oxygen atoms in total.